The first kappa shape index (κ1) is 11.5. The molecule has 1 amide bonds. The number of nitrogens with zero attached hydrogens (tertiary/aromatic N) is 1. The summed E-state index contributed by atoms with van der Waals surface area (Å²) < 4.78 is 13.8. The maximum Gasteiger partial charge on any atom is 0.219 e. The van der Waals surface area contributed by atoms with Crippen LogP contribution in [0.15, 0.2) is 0 Å². The van der Waals surface area contributed by atoms with Gasteiger partial charge in [0.15, 0.2) is 0 Å². The number of carbonyl (C=O) groups excluding carboxylic acids is 1. The van der Waals surface area contributed by atoms with Gasteiger partial charge in [-0.15, -0.1) is 0 Å². The number of likely N-dealkylation sites (tertiary alicyclic amines) is 1. The van der Waals surface area contributed by atoms with Crippen molar-refractivity contribution in [3.05, 3.63) is 0 Å². The number of carbonyl (C=O) groups is 1. The first-order chi connectivity index (χ1) is 6.32. The van der Waals surface area contributed by atoms with E-state index in [4.69, 9.17) is 0 Å². The van der Waals surface area contributed by atoms with Crippen LogP contribution in [0.25, 0.3) is 0 Å². The van der Waals surface area contributed by atoms with Crippen molar-refractivity contribution in [1.82, 2.24) is 4.90 Å². The van der Waals surface area contributed by atoms with Crippen molar-refractivity contribution in [2.45, 2.75) is 40.3 Å². The van der Waals surface area contributed by atoms with E-state index in [1.165, 1.54) is 6.92 Å². The Morgan fingerprint density at radius 1 is 1.43 bits per heavy atom. The second kappa shape index (κ2) is 3.87. The summed E-state index contributed by atoms with van der Waals surface area (Å²) in [6.45, 7) is 8.67. The van der Waals surface area contributed by atoms with Crippen molar-refractivity contribution < 1.29 is 9.18 Å². The number of hydrogen-bond acceptors (Lipinski definition) is 1. The minimum atomic E-state index is -0.868. The second-order valence-electron chi connectivity index (χ2n) is 5.24. The van der Waals surface area contributed by atoms with Gasteiger partial charge in [0.05, 0.1) is 6.54 Å². The van der Waals surface area contributed by atoms with E-state index in [1.54, 1.807) is 4.90 Å². The number of halogens is 1. The molecule has 1 fully saturated rings. The van der Waals surface area contributed by atoms with Gasteiger partial charge in [0.1, 0.15) is 6.17 Å². The molecule has 3 heteroatoms. The van der Waals surface area contributed by atoms with E-state index in [0.717, 1.165) is 6.42 Å². The van der Waals surface area contributed by atoms with Gasteiger partial charge in [0.25, 0.3) is 0 Å². The highest BCUT2D eigenvalue weighted by molar-refractivity contribution is 5.73. The molecule has 0 aromatic rings. The average molecular weight is 201 g/mol. The molecule has 1 aliphatic heterocycles. The molecule has 0 N–H and O–H groups in total. The van der Waals surface area contributed by atoms with Crippen molar-refractivity contribution in [2.75, 3.05) is 13.1 Å². The van der Waals surface area contributed by atoms with Crippen molar-refractivity contribution >= 4 is 5.91 Å². The summed E-state index contributed by atoms with van der Waals surface area (Å²) in [6.07, 6.45) is -0.0859. The Morgan fingerprint density at radius 2 is 2.00 bits per heavy atom. The summed E-state index contributed by atoms with van der Waals surface area (Å²) in [4.78, 5) is 12.7. The van der Waals surface area contributed by atoms with Gasteiger partial charge in [0, 0.05) is 13.5 Å². The van der Waals surface area contributed by atoms with Crippen LogP contribution in [-0.4, -0.2) is 30.1 Å². The topological polar surface area (TPSA) is 20.3 Å². The lowest BCUT2D eigenvalue weighted by molar-refractivity contribution is -0.132. The van der Waals surface area contributed by atoms with Crippen LogP contribution < -0.4 is 0 Å². The summed E-state index contributed by atoms with van der Waals surface area (Å²) in [5.41, 5.74) is 0.00228. The lowest BCUT2D eigenvalue weighted by atomic mass is 9.74. The third kappa shape index (κ3) is 2.46. The van der Waals surface area contributed by atoms with Gasteiger partial charge in [-0.2, -0.15) is 0 Å². The summed E-state index contributed by atoms with van der Waals surface area (Å²) in [7, 11) is 0. The normalized spacial score (nSPS) is 29.1. The first-order valence-corrected chi connectivity index (χ1v) is 5.22. The van der Waals surface area contributed by atoms with Crippen LogP contribution in [-0.2, 0) is 4.79 Å². The van der Waals surface area contributed by atoms with Crippen LogP contribution in [0.2, 0.25) is 0 Å². The Morgan fingerprint density at radius 3 is 2.36 bits per heavy atom. The Hall–Kier alpha value is -0.600. The Kier molecular flexibility index (Phi) is 3.17. The van der Waals surface area contributed by atoms with Crippen molar-refractivity contribution in [2.24, 2.45) is 11.3 Å². The molecule has 2 atom stereocenters. The minimum absolute atomic E-state index is 0.00228. The highest BCUT2D eigenvalue weighted by Gasteiger charge is 2.37. The monoisotopic (exact) mass is 201 g/mol. The molecule has 14 heavy (non-hydrogen) atoms. The third-order valence-corrected chi connectivity index (χ3v) is 3.10. The van der Waals surface area contributed by atoms with Crippen molar-refractivity contribution in [3.8, 4) is 0 Å². The fourth-order valence-corrected chi connectivity index (χ4v) is 2.17. The van der Waals surface area contributed by atoms with Gasteiger partial charge in [-0.3, -0.25) is 4.79 Å². The Bertz CT molecular complexity index is 222. The molecule has 0 radical (unpaired) electrons. The lowest BCUT2D eigenvalue weighted by Gasteiger charge is -2.40. The van der Waals surface area contributed by atoms with Crippen molar-refractivity contribution in [1.29, 1.82) is 0 Å². The minimum Gasteiger partial charge on any atom is -0.340 e. The lowest BCUT2D eigenvalue weighted by Crippen LogP contribution is -2.47. The highest BCUT2D eigenvalue weighted by Crippen LogP contribution is 2.35. The van der Waals surface area contributed by atoms with Gasteiger partial charge in [-0.1, -0.05) is 20.8 Å². The number of piperidine rings is 1. The van der Waals surface area contributed by atoms with E-state index in [0.29, 0.717) is 6.54 Å². The van der Waals surface area contributed by atoms with Gasteiger partial charge in [-0.25, -0.2) is 4.39 Å². The molecule has 0 spiro atoms. The maximum absolute atomic E-state index is 13.8. The molecular weight excluding hydrogens is 181 g/mol. The third-order valence-electron chi connectivity index (χ3n) is 3.10. The molecule has 2 nitrogen and oxygen atoms in total. The van der Waals surface area contributed by atoms with Crippen LogP contribution in [0.1, 0.15) is 34.1 Å². The van der Waals surface area contributed by atoms with Gasteiger partial charge < -0.3 is 4.90 Å². The van der Waals surface area contributed by atoms with Crippen LogP contribution in [0, 0.1) is 11.3 Å². The molecule has 1 aliphatic rings. The maximum atomic E-state index is 13.8. The Balaban J connectivity index is 2.61. The van der Waals surface area contributed by atoms with E-state index in [-0.39, 0.29) is 23.8 Å². The second-order valence-corrected chi connectivity index (χ2v) is 5.24. The first-order valence-electron chi connectivity index (χ1n) is 5.22. The fraction of sp³-hybridized carbons (Fsp3) is 0.909. The van der Waals surface area contributed by atoms with Crippen LogP contribution in [0.3, 0.4) is 0 Å². The number of rotatable bonds is 0. The molecule has 82 valence electrons. The molecule has 1 heterocycles. The molecule has 1 rings (SSSR count). The van der Waals surface area contributed by atoms with Crippen LogP contribution in [0.4, 0.5) is 4.39 Å². The quantitative estimate of drug-likeness (QED) is 0.588. The molecule has 1 saturated heterocycles. The van der Waals surface area contributed by atoms with Crippen LogP contribution in [0.5, 0.6) is 0 Å². The fourth-order valence-electron chi connectivity index (χ4n) is 2.17. The standard InChI is InChI=1S/C11H20FNO/c1-8(14)13-6-5-9(10(12)7-13)11(2,3)4/h9-10H,5-7H2,1-4H3. The van der Waals surface area contributed by atoms with Crippen molar-refractivity contribution in [3.63, 3.8) is 0 Å². The molecule has 0 bridgehead atoms. The van der Waals surface area contributed by atoms with E-state index in [1.807, 2.05) is 0 Å². The summed E-state index contributed by atoms with van der Waals surface area (Å²) in [5.74, 6) is 0.0677. The predicted molar refractivity (Wildman–Crippen MR) is 54.7 cm³/mol. The average Bonchev–Trinajstić information content (AvgIpc) is 2.01. The zero-order valence-corrected chi connectivity index (χ0v) is 9.51. The zero-order valence-electron chi connectivity index (χ0n) is 9.51. The van der Waals surface area contributed by atoms with E-state index < -0.39 is 6.17 Å². The molecular formula is C11H20FNO. The summed E-state index contributed by atoms with van der Waals surface area (Å²) in [5, 5.41) is 0. The smallest absolute Gasteiger partial charge is 0.219 e. The summed E-state index contributed by atoms with van der Waals surface area (Å²) >= 11 is 0. The van der Waals surface area contributed by atoms with Gasteiger partial charge >= 0.3 is 0 Å². The molecule has 0 saturated carbocycles. The number of amides is 1. The Labute approximate surface area is 85.5 Å². The van der Waals surface area contributed by atoms with E-state index in [2.05, 4.69) is 20.8 Å². The van der Waals surface area contributed by atoms with E-state index in [9.17, 15) is 9.18 Å². The SMILES string of the molecule is CC(=O)N1CCC(C(C)(C)C)C(F)C1. The highest BCUT2D eigenvalue weighted by atomic mass is 19.1. The number of hydrogen-bond donors (Lipinski definition) is 0. The van der Waals surface area contributed by atoms with Crippen LogP contribution >= 0.6 is 0 Å². The molecule has 0 aliphatic carbocycles. The predicted octanol–water partition coefficient (Wildman–Crippen LogP) is 2.24. The molecule has 0 aromatic heterocycles. The van der Waals surface area contributed by atoms with Gasteiger partial charge in [0.2, 0.25) is 5.91 Å². The zero-order chi connectivity index (χ0) is 10.9. The molecule has 0 aromatic carbocycles. The largest absolute Gasteiger partial charge is 0.340 e. The molecule has 2 unspecified atom stereocenters. The summed E-state index contributed by atoms with van der Waals surface area (Å²) in [6, 6.07) is 0. The van der Waals surface area contributed by atoms with E-state index >= 15 is 0 Å². The van der Waals surface area contributed by atoms with Gasteiger partial charge in [-0.05, 0) is 17.8 Å². The number of alkyl halides is 1.